The van der Waals surface area contributed by atoms with Gasteiger partial charge in [-0.1, -0.05) is 24.3 Å². The van der Waals surface area contributed by atoms with E-state index in [1.807, 2.05) is 13.0 Å². The minimum Gasteiger partial charge on any atom is -0.290 e. The van der Waals surface area contributed by atoms with Crippen molar-refractivity contribution >= 4 is 5.78 Å². The summed E-state index contributed by atoms with van der Waals surface area (Å²) in [6.45, 7) is 2.03. The molecule has 0 atom stereocenters. The maximum Gasteiger partial charge on any atom is 0.181 e. The second-order valence-electron chi connectivity index (χ2n) is 3.20. The fraction of sp³-hybridized carbons (Fsp3) is 0.417. The van der Waals surface area contributed by atoms with Crippen molar-refractivity contribution in [3.8, 4) is 0 Å². The molecule has 13 heavy (non-hydrogen) atoms. The van der Waals surface area contributed by atoms with E-state index in [0.29, 0.717) is 0 Å². The number of carbonyl (C=O) groups excluding carboxylic acids is 1. The number of allylic oxidation sites excluding steroid dienone is 6. The molecule has 0 spiro atoms. The quantitative estimate of drug-likeness (QED) is 0.365. The lowest BCUT2D eigenvalue weighted by Gasteiger charge is -1.94. The van der Waals surface area contributed by atoms with Crippen LogP contribution in [0.15, 0.2) is 36.0 Å². The van der Waals surface area contributed by atoms with Crippen LogP contribution < -0.4 is 0 Å². The van der Waals surface area contributed by atoms with Crippen LogP contribution in [0, 0.1) is 0 Å². The Labute approximate surface area is 79.8 Å². The van der Waals surface area contributed by atoms with Gasteiger partial charge < -0.3 is 0 Å². The summed E-state index contributed by atoms with van der Waals surface area (Å²) in [7, 11) is 0. The van der Waals surface area contributed by atoms with Crippen LogP contribution in [0.5, 0.6) is 0 Å². The van der Waals surface area contributed by atoms with Gasteiger partial charge in [-0.05, 0) is 44.3 Å². The van der Waals surface area contributed by atoms with Crippen molar-refractivity contribution in [3.05, 3.63) is 36.0 Å². The number of hydrogen-bond donors (Lipinski definition) is 0. The Balaban J connectivity index is 2.21. The summed E-state index contributed by atoms with van der Waals surface area (Å²) in [5.41, 5.74) is 0.973. The van der Waals surface area contributed by atoms with Crippen molar-refractivity contribution in [2.75, 3.05) is 0 Å². The molecule has 0 saturated heterocycles. The van der Waals surface area contributed by atoms with Crippen molar-refractivity contribution < 1.29 is 4.79 Å². The highest BCUT2D eigenvalue weighted by molar-refractivity contribution is 6.06. The van der Waals surface area contributed by atoms with Gasteiger partial charge in [0.1, 0.15) is 0 Å². The summed E-state index contributed by atoms with van der Waals surface area (Å²) >= 11 is 0. The van der Waals surface area contributed by atoms with Crippen LogP contribution >= 0.6 is 0 Å². The van der Waals surface area contributed by atoms with Gasteiger partial charge in [0.2, 0.25) is 0 Å². The molecule has 1 heteroatoms. The Hall–Kier alpha value is -1.11. The second kappa shape index (κ2) is 5.52. The third kappa shape index (κ3) is 3.41. The topological polar surface area (TPSA) is 17.1 Å². The van der Waals surface area contributed by atoms with Gasteiger partial charge in [0.05, 0.1) is 0 Å². The summed E-state index contributed by atoms with van der Waals surface area (Å²) in [5.74, 6) is 0.200. The van der Waals surface area contributed by atoms with Crippen molar-refractivity contribution in [1.82, 2.24) is 0 Å². The molecule has 1 aliphatic rings. The summed E-state index contributed by atoms with van der Waals surface area (Å²) in [4.78, 5) is 11.1. The van der Waals surface area contributed by atoms with E-state index in [4.69, 9.17) is 0 Å². The standard InChI is InChI=1S/C12H16O/c1-2-3-4-5-6-8-11-9-7-10-12(11)13/h2-3,7-8,10H,4-6,9H2,1H3/b3-2-,11-8+. The van der Waals surface area contributed by atoms with Gasteiger partial charge in [-0.3, -0.25) is 4.79 Å². The lowest BCUT2D eigenvalue weighted by atomic mass is 10.1. The molecule has 1 nitrogen and oxygen atoms in total. The van der Waals surface area contributed by atoms with E-state index in [1.54, 1.807) is 6.08 Å². The Bertz CT molecular complexity index is 256. The zero-order valence-electron chi connectivity index (χ0n) is 8.12. The van der Waals surface area contributed by atoms with Gasteiger partial charge in [-0.15, -0.1) is 0 Å². The van der Waals surface area contributed by atoms with E-state index in [-0.39, 0.29) is 5.78 Å². The zero-order chi connectivity index (χ0) is 9.52. The molecule has 0 saturated carbocycles. The van der Waals surface area contributed by atoms with E-state index in [2.05, 4.69) is 18.2 Å². The first-order chi connectivity index (χ1) is 6.34. The molecule has 0 N–H and O–H groups in total. The van der Waals surface area contributed by atoms with Crippen LogP contribution in [0.4, 0.5) is 0 Å². The van der Waals surface area contributed by atoms with E-state index in [0.717, 1.165) is 31.3 Å². The summed E-state index contributed by atoms with van der Waals surface area (Å²) < 4.78 is 0. The lowest BCUT2D eigenvalue weighted by Crippen LogP contribution is -1.90. The molecule has 1 aliphatic carbocycles. The number of carbonyl (C=O) groups is 1. The first-order valence-corrected chi connectivity index (χ1v) is 4.85. The van der Waals surface area contributed by atoms with Crippen LogP contribution in [-0.4, -0.2) is 5.78 Å². The molecule has 0 bridgehead atoms. The summed E-state index contributed by atoms with van der Waals surface area (Å²) in [5, 5.41) is 0. The molecule has 0 radical (unpaired) electrons. The number of rotatable bonds is 4. The van der Waals surface area contributed by atoms with Gasteiger partial charge in [0.15, 0.2) is 5.78 Å². The Morgan fingerprint density at radius 1 is 1.46 bits per heavy atom. The maximum atomic E-state index is 11.1. The molecule has 0 unspecified atom stereocenters. The van der Waals surface area contributed by atoms with Crippen molar-refractivity contribution in [2.45, 2.75) is 32.6 Å². The molecule has 0 aromatic heterocycles. The third-order valence-electron chi connectivity index (χ3n) is 2.12. The molecule has 0 fully saturated rings. The van der Waals surface area contributed by atoms with Crippen molar-refractivity contribution in [1.29, 1.82) is 0 Å². The van der Waals surface area contributed by atoms with Crippen molar-refractivity contribution in [2.24, 2.45) is 0 Å². The molecule has 70 valence electrons. The van der Waals surface area contributed by atoms with E-state index in [1.165, 1.54) is 0 Å². The fourth-order valence-corrected chi connectivity index (χ4v) is 1.36. The average Bonchev–Trinajstić information content (AvgIpc) is 2.52. The zero-order valence-corrected chi connectivity index (χ0v) is 8.12. The smallest absolute Gasteiger partial charge is 0.181 e. The Morgan fingerprint density at radius 3 is 2.92 bits per heavy atom. The van der Waals surface area contributed by atoms with Crippen LogP contribution in [0.2, 0.25) is 0 Å². The van der Waals surface area contributed by atoms with E-state index < -0.39 is 0 Å². The second-order valence-corrected chi connectivity index (χ2v) is 3.20. The minimum absolute atomic E-state index is 0.200. The highest BCUT2D eigenvalue weighted by Gasteiger charge is 2.08. The molecular formula is C12H16O. The number of ketones is 1. The Morgan fingerprint density at radius 2 is 2.31 bits per heavy atom. The predicted molar refractivity (Wildman–Crippen MR) is 55.5 cm³/mol. The fourth-order valence-electron chi connectivity index (χ4n) is 1.36. The van der Waals surface area contributed by atoms with E-state index in [9.17, 15) is 4.79 Å². The SMILES string of the molecule is C/C=C\CCC/C=C1\CC=CC1=O. The molecule has 0 amide bonds. The molecule has 0 aliphatic heterocycles. The monoisotopic (exact) mass is 176 g/mol. The van der Waals surface area contributed by atoms with Gasteiger partial charge in [0.25, 0.3) is 0 Å². The van der Waals surface area contributed by atoms with E-state index >= 15 is 0 Å². The highest BCUT2D eigenvalue weighted by Crippen LogP contribution is 2.14. The Kier molecular flexibility index (Phi) is 4.24. The van der Waals surface area contributed by atoms with Crippen LogP contribution in [0.25, 0.3) is 0 Å². The summed E-state index contributed by atoms with van der Waals surface area (Å²) in [6.07, 6.45) is 14.0. The van der Waals surface area contributed by atoms with Crippen LogP contribution in [-0.2, 0) is 4.79 Å². The first-order valence-electron chi connectivity index (χ1n) is 4.85. The number of hydrogen-bond acceptors (Lipinski definition) is 1. The largest absolute Gasteiger partial charge is 0.290 e. The highest BCUT2D eigenvalue weighted by atomic mass is 16.1. The molecule has 0 aromatic rings. The normalized spacial score (nSPS) is 19.5. The molecular weight excluding hydrogens is 160 g/mol. The van der Waals surface area contributed by atoms with Crippen molar-refractivity contribution in [3.63, 3.8) is 0 Å². The maximum absolute atomic E-state index is 11.1. The van der Waals surface area contributed by atoms with Gasteiger partial charge >= 0.3 is 0 Å². The average molecular weight is 176 g/mol. The predicted octanol–water partition coefficient (Wildman–Crippen LogP) is 3.19. The molecule has 0 aromatic carbocycles. The molecule has 1 rings (SSSR count). The van der Waals surface area contributed by atoms with Gasteiger partial charge in [0, 0.05) is 0 Å². The van der Waals surface area contributed by atoms with Gasteiger partial charge in [-0.2, -0.15) is 0 Å². The third-order valence-corrected chi connectivity index (χ3v) is 2.12. The first kappa shape index (κ1) is 9.97. The molecule has 0 heterocycles. The van der Waals surface area contributed by atoms with Crippen LogP contribution in [0.3, 0.4) is 0 Å². The van der Waals surface area contributed by atoms with Gasteiger partial charge in [-0.25, -0.2) is 0 Å². The number of unbranched alkanes of at least 4 members (excludes halogenated alkanes) is 2. The summed E-state index contributed by atoms with van der Waals surface area (Å²) in [6, 6.07) is 0. The minimum atomic E-state index is 0.200. The van der Waals surface area contributed by atoms with Crippen LogP contribution in [0.1, 0.15) is 32.6 Å². The lowest BCUT2D eigenvalue weighted by molar-refractivity contribution is -0.111.